The molecule has 0 bridgehead atoms. The van der Waals surface area contributed by atoms with Gasteiger partial charge < -0.3 is 15.0 Å². The maximum Gasteiger partial charge on any atom is 0.253 e. The first-order valence-electron chi connectivity index (χ1n) is 8.32. The second-order valence-corrected chi connectivity index (χ2v) is 6.35. The molecule has 0 radical (unpaired) electrons. The minimum atomic E-state index is 0.234. The number of hydrogen-bond donors (Lipinski definition) is 1. The Hall–Kier alpha value is -2.25. The smallest absolute Gasteiger partial charge is 0.253 e. The fourth-order valence-corrected chi connectivity index (χ4v) is 3.27. The van der Waals surface area contributed by atoms with Gasteiger partial charge in [0, 0.05) is 18.5 Å². The molecular formula is C17H21N5O2. The van der Waals surface area contributed by atoms with Crippen LogP contribution in [0.3, 0.4) is 0 Å². The number of aryl methyl sites for hydroxylation is 1. The van der Waals surface area contributed by atoms with E-state index in [-0.39, 0.29) is 6.10 Å². The van der Waals surface area contributed by atoms with Crippen LogP contribution in [0.1, 0.15) is 31.6 Å². The number of fused-ring (bicyclic) bond motifs is 1. The lowest BCUT2D eigenvalue weighted by Crippen LogP contribution is -2.30. The standard InChI is InChI=1S/C17H21N5O2/c1-22-16(13-4-2-3-5-14(13)20-22)17-19-15(24-21-17)10-23-12-8-6-11(18)7-9-12/h2-5,11-12H,6-10,18H2,1H3. The third-order valence-electron chi connectivity index (χ3n) is 4.58. The van der Waals surface area contributed by atoms with Crippen LogP contribution >= 0.6 is 0 Å². The number of aromatic nitrogens is 4. The van der Waals surface area contributed by atoms with Gasteiger partial charge in [0.25, 0.3) is 5.89 Å². The molecule has 1 aromatic carbocycles. The van der Waals surface area contributed by atoms with Crippen LogP contribution in [0.5, 0.6) is 0 Å². The lowest BCUT2D eigenvalue weighted by atomic mass is 9.94. The molecule has 1 aliphatic carbocycles. The van der Waals surface area contributed by atoms with E-state index in [1.807, 2.05) is 31.3 Å². The van der Waals surface area contributed by atoms with Crippen molar-refractivity contribution in [1.29, 1.82) is 0 Å². The normalized spacial score (nSPS) is 21.4. The molecule has 1 saturated carbocycles. The molecule has 2 aromatic heterocycles. The summed E-state index contributed by atoms with van der Waals surface area (Å²) in [4.78, 5) is 4.47. The fourth-order valence-electron chi connectivity index (χ4n) is 3.27. The van der Waals surface area contributed by atoms with Crippen LogP contribution in [-0.2, 0) is 18.4 Å². The van der Waals surface area contributed by atoms with Crippen molar-refractivity contribution >= 4 is 10.9 Å². The Balaban J connectivity index is 1.49. The summed E-state index contributed by atoms with van der Waals surface area (Å²) < 4.78 is 13.0. The van der Waals surface area contributed by atoms with Crippen LogP contribution < -0.4 is 5.73 Å². The molecule has 0 saturated heterocycles. The maximum atomic E-state index is 5.92. The number of nitrogens with zero attached hydrogens (tertiary/aromatic N) is 4. The first-order valence-corrected chi connectivity index (χ1v) is 8.32. The monoisotopic (exact) mass is 327 g/mol. The molecule has 3 aromatic rings. The Morgan fingerprint density at radius 1 is 1.25 bits per heavy atom. The van der Waals surface area contributed by atoms with Crippen LogP contribution in [0.4, 0.5) is 0 Å². The maximum absolute atomic E-state index is 5.92. The highest BCUT2D eigenvalue weighted by atomic mass is 16.5. The highest BCUT2D eigenvalue weighted by molar-refractivity contribution is 5.91. The summed E-state index contributed by atoms with van der Waals surface area (Å²) in [7, 11) is 1.88. The van der Waals surface area contributed by atoms with Crippen molar-refractivity contribution in [2.45, 2.75) is 44.4 Å². The van der Waals surface area contributed by atoms with E-state index in [0.29, 0.717) is 24.4 Å². The molecule has 1 fully saturated rings. The molecule has 0 atom stereocenters. The van der Waals surface area contributed by atoms with E-state index in [1.54, 1.807) is 4.68 Å². The number of nitrogens with two attached hydrogens (primary N) is 1. The molecule has 1 aliphatic rings. The molecular weight excluding hydrogens is 306 g/mol. The van der Waals surface area contributed by atoms with Crippen LogP contribution in [0.25, 0.3) is 22.4 Å². The highest BCUT2D eigenvalue weighted by Gasteiger charge is 2.21. The third kappa shape index (κ3) is 2.92. The van der Waals surface area contributed by atoms with Gasteiger partial charge in [-0.05, 0) is 31.7 Å². The van der Waals surface area contributed by atoms with Crippen LogP contribution in [-0.4, -0.2) is 32.1 Å². The van der Waals surface area contributed by atoms with Crippen molar-refractivity contribution in [3.05, 3.63) is 30.2 Å². The minimum absolute atomic E-state index is 0.234. The molecule has 2 heterocycles. The Bertz CT molecular complexity index is 832. The molecule has 2 N–H and O–H groups in total. The Morgan fingerprint density at radius 3 is 2.88 bits per heavy atom. The van der Waals surface area contributed by atoms with Crippen LogP contribution in [0.2, 0.25) is 0 Å². The molecule has 4 rings (SSSR count). The second-order valence-electron chi connectivity index (χ2n) is 6.35. The molecule has 0 aliphatic heterocycles. The van der Waals surface area contributed by atoms with E-state index < -0.39 is 0 Å². The zero-order valence-electron chi connectivity index (χ0n) is 13.7. The summed E-state index contributed by atoms with van der Waals surface area (Å²) in [6, 6.07) is 8.24. The van der Waals surface area contributed by atoms with Crippen LogP contribution in [0.15, 0.2) is 28.8 Å². The van der Waals surface area contributed by atoms with Gasteiger partial charge in [0.05, 0.1) is 11.6 Å². The largest absolute Gasteiger partial charge is 0.368 e. The SMILES string of the molecule is Cn1nc2ccccc2c1-c1noc(COC2CCC(N)CC2)n1. The van der Waals surface area contributed by atoms with Crippen molar-refractivity contribution in [1.82, 2.24) is 19.9 Å². The summed E-state index contributed by atoms with van der Waals surface area (Å²) in [5, 5.41) is 9.58. The van der Waals surface area contributed by atoms with Crippen LogP contribution in [0, 0.1) is 0 Å². The Labute approximate surface area is 139 Å². The Kier molecular flexibility index (Phi) is 4.03. The Morgan fingerprint density at radius 2 is 2.04 bits per heavy atom. The van der Waals surface area contributed by atoms with E-state index >= 15 is 0 Å². The number of hydrogen-bond acceptors (Lipinski definition) is 6. The van der Waals surface area contributed by atoms with Gasteiger partial charge in [-0.2, -0.15) is 10.1 Å². The molecule has 0 unspecified atom stereocenters. The van der Waals surface area contributed by atoms with Gasteiger partial charge in [-0.3, -0.25) is 4.68 Å². The summed E-state index contributed by atoms with van der Waals surface area (Å²) in [6.07, 6.45) is 4.25. The third-order valence-corrected chi connectivity index (χ3v) is 4.58. The second kappa shape index (κ2) is 6.33. The molecule has 0 spiro atoms. The topological polar surface area (TPSA) is 92.0 Å². The highest BCUT2D eigenvalue weighted by Crippen LogP contribution is 2.26. The van der Waals surface area contributed by atoms with Gasteiger partial charge in [0.15, 0.2) is 0 Å². The van der Waals surface area contributed by atoms with E-state index in [4.69, 9.17) is 15.0 Å². The molecule has 0 amide bonds. The fraction of sp³-hybridized carbons (Fsp3) is 0.471. The van der Waals surface area contributed by atoms with E-state index in [0.717, 1.165) is 42.3 Å². The van der Waals surface area contributed by atoms with Crippen molar-refractivity contribution in [2.24, 2.45) is 12.8 Å². The first-order chi connectivity index (χ1) is 11.7. The van der Waals surface area contributed by atoms with Crippen molar-refractivity contribution in [3.8, 4) is 11.5 Å². The average molecular weight is 327 g/mol. The number of ether oxygens (including phenoxy) is 1. The van der Waals surface area contributed by atoms with Gasteiger partial charge in [-0.25, -0.2) is 0 Å². The molecule has 7 nitrogen and oxygen atoms in total. The summed E-state index contributed by atoms with van der Waals surface area (Å²) >= 11 is 0. The van der Waals surface area contributed by atoms with Gasteiger partial charge >= 0.3 is 0 Å². The lowest BCUT2D eigenvalue weighted by molar-refractivity contribution is 0.00192. The van der Waals surface area contributed by atoms with Gasteiger partial charge in [-0.15, -0.1) is 0 Å². The predicted octanol–water partition coefficient (Wildman–Crippen LogP) is 2.41. The first kappa shape index (κ1) is 15.3. The lowest BCUT2D eigenvalue weighted by Gasteiger charge is -2.25. The van der Waals surface area contributed by atoms with E-state index in [9.17, 15) is 0 Å². The van der Waals surface area contributed by atoms with Crippen molar-refractivity contribution in [3.63, 3.8) is 0 Å². The van der Waals surface area contributed by atoms with Gasteiger partial charge in [0.2, 0.25) is 5.82 Å². The van der Waals surface area contributed by atoms with Gasteiger partial charge in [-0.1, -0.05) is 23.4 Å². The zero-order valence-corrected chi connectivity index (χ0v) is 13.7. The number of rotatable bonds is 4. The minimum Gasteiger partial charge on any atom is -0.368 e. The summed E-state index contributed by atoms with van der Waals surface area (Å²) in [6.45, 7) is 0.336. The van der Waals surface area contributed by atoms with E-state index in [2.05, 4.69) is 15.2 Å². The molecule has 24 heavy (non-hydrogen) atoms. The average Bonchev–Trinajstić information content (AvgIpc) is 3.17. The zero-order chi connectivity index (χ0) is 16.5. The summed E-state index contributed by atoms with van der Waals surface area (Å²) in [5.41, 5.74) is 7.68. The van der Waals surface area contributed by atoms with Crippen molar-refractivity contribution in [2.75, 3.05) is 0 Å². The number of benzene rings is 1. The van der Waals surface area contributed by atoms with Crippen molar-refractivity contribution < 1.29 is 9.26 Å². The molecule has 7 heteroatoms. The molecule has 126 valence electrons. The summed E-state index contributed by atoms with van der Waals surface area (Å²) in [5.74, 6) is 1.03. The predicted molar refractivity (Wildman–Crippen MR) is 89.0 cm³/mol. The van der Waals surface area contributed by atoms with E-state index in [1.165, 1.54) is 0 Å². The van der Waals surface area contributed by atoms with Gasteiger partial charge in [0.1, 0.15) is 12.3 Å². The quantitative estimate of drug-likeness (QED) is 0.791.